The number of thioether (sulfide) groups is 1. The van der Waals surface area contributed by atoms with Gasteiger partial charge in [-0.1, -0.05) is 0 Å². The molecule has 94 valence electrons. The van der Waals surface area contributed by atoms with Crippen LogP contribution >= 0.6 is 11.8 Å². The number of furan rings is 1. The summed E-state index contributed by atoms with van der Waals surface area (Å²) in [5.41, 5.74) is 0. The lowest BCUT2D eigenvalue weighted by atomic mass is 10.2. The van der Waals surface area contributed by atoms with E-state index in [0.29, 0.717) is 6.54 Å². The molecule has 5 nitrogen and oxygen atoms in total. The zero-order chi connectivity index (χ0) is 13.1. The highest BCUT2D eigenvalue weighted by Crippen LogP contribution is 2.19. The molecule has 1 heterocycles. The number of aromatic carboxylic acids is 1. The van der Waals surface area contributed by atoms with Crippen molar-refractivity contribution in [3.63, 3.8) is 0 Å². The van der Waals surface area contributed by atoms with E-state index >= 15 is 0 Å². The van der Waals surface area contributed by atoms with E-state index in [1.54, 1.807) is 11.8 Å². The second kappa shape index (κ2) is 5.27. The first kappa shape index (κ1) is 13.6. The SMILES string of the molecule is CSC(C)(C)CNC(=O)c1ccc(C(=O)O)o1. The number of carboxylic acid groups (broad SMARTS) is 1. The van der Waals surface area contributed by atoms with E-state index in [-0.39, 0.29) is 16.3 Å². The number of rotatable bonds is 5. The summed E-state index contributed by atoms with van der Waals surface area (Å²) < 4.78 is 4.82. The first-order valence-electron chi connectivity index (χ1n) is 5.02. The molecule has 0 aliphatic heterocycles. The van der Waals surface area contributed by atoms with Gasteiger partial charge >= 0.3 is 5.97 Å². The van der Waals surface area contributed by atoms with E-state index in [9.17, 15) is 9.59 Å². The number of carbonyl (C=O) groups is 2. The Morgan fingerprint density at radius 2 is 2.00 bits per heavy atom. The van der Waals surface area contributed by atoms with Crippen molar-refractivity contribution in [2.75, 3.05) is 12.8 Å². The Bertz CT molecular complexity index is 425. The lowest BCUT2D eigenvalue weighted by Crippen LogP contribution is -2.35. The number of amides is 1. The fourth-order valence-corrected chi connectivity index (χ4v) is 1.24. The van der Waals surface area contributed by atoms with E-state index in [1.165, 1.54) is 12.1 Å². The number of carboxylic acids is 1. The van der Waals surface area contributed by atoms with Crippen LogP contribution < -0.4 is 5.32 Å². The Morgan fingerprint density at radius 1 is 1.41 bits per heavy atom. The summed E-state index contributed by atoms with van der Waals surface area (Å²) in [6.45, 7) is 4.49. The van der Waals surface area contributed by atoms with Crippen LogP contribution in [0.2, 0.25) is 0 Å². The molecule has 0 saturated heterocycles. The topological polar surface area (TPSA) is 79.5 Å². The molecule has 0 atom stereocenters. The smallest absolute Gasteiger partial charge is 0.371 e. The zero-order valence-corrected chi connectivity index (χ0v) is 10.8. The quantitative estimate of drug-likeness (QED) is 0.841. The van der Waals surface area contributed by atoms with Crippen LogP contribution in [-0.2, 0) is 0 Å². The van der Waals surface area contributed by atoms with Gasteiger partial charge in [-0.3, -0.25) is 4.79 Å². The van der Waals surface area contributed by atoms with Crippen molar-refractivity contribution in [1.82, 2.24) is 5.32 Å². The Balaban J connectivity index is 2.61. The fourth-order valence-electron chi connectivity index (χ4n) is 1.03. The van der Waals surface area contributed by atoms with Crippen molar-refractivity contribution in [3.8, 4) is 0 Å². The van der Waals surface area contributed by atoms with Gasteiger partial charge in [0, 0.05) is 11.3 Å². The number of hydrogen-bond donors (Lipinski definition) is 2. The van der Waals surface area contributed by atoms with Gasteiger partial charge in [-0.15, -0.1) is 0 Å². The molecule has 0 fully saturated rings. The van der Waals surface area contributed by atoms with Gasteiger partial charge in [0.25, 0.3) is 5.91 Å². The normalized spacial score (nSPS) is 11.2. The third-order valence-corrected chi connectivity index (χ3v) is 3.52. The molecule has 0 radical (unpaired) electrons. The molecule has 0 unspecified atom stereocenters. The number of carbonyl (C=O) groups excluding carboxylic acids is 1. The van der Waals surface area contributed by atoms with Crippen LogP contribution in [0, 0.1) is 0 Å². The van der Waals surface area contributed by atoms with Gasteiger partial charge in [0.15, 0.2) is 5.76 Å². The largest absolute Gasteiger partial charge is 0.475 e. The highest BCUT2D eigenvalue weighted by molar-refractivity contribution is 7.99. The average Bonchev–Trinajstić information content (AvgIpc) is 2.75. The summed E-state index contributed by atoms with van der Waals surface area (Å²) in [6, 6.07) is 2.61. The molecule has 0 bridgehead atoms. The molecule has 0 spiro atoms. The summed E-state index contributed by atoms with van der Waals surface area (Å²) in [4.78, 5) is 22.2. The standard InChI is InChI=1S/C11H15NO4S/c1-11(2,17-3)6-12-9(13)7-4-5-8(16-7)10(14)15/h4-5H,6H2,1-3H3,(H,12,13)(H,14,15). The minimum atomic E-state index is -1.19. The predicted molar refractivity (Wildman–Crippen MR) is 65.6 cm³/mol. The highest BCUT2D eigenvalue weighted by Gasteiger charge is 2.19. The maximum absolute atomic E-state index is 11.6. The van der Waals surface area contributed by atoms with Crippen molar-refractivity contribution in [1.29, 1.82) is 0 Å². The summed E-state index contributed by atoms with van der Waals surface area (Å²) >= 11 is 1.63. The summed E-state index contributed by atoms with van der Waals surface area (Å²) in [6.07, 6.45) is 1.96. The zero-order valence-electron chi connectivity index (χ0n) is 9.94. The molecule has 1 amide bonds. The molecule has 2 N–H and O–H groups in total. The first-order chi connectivity index (χ1) is 7.85. The van der Waals surface area contributed by atoms with Gasteiger partial charge in [0.2, 0.25) is 5.76 Å². The van der Waals surface area contributed by atoms with Crippen LogP contribution in [0.3, 0.4) is 0 Å². The molecule has 1 aromatic rings. The molecular weight excluding hydrogens is 242 g/mol. The Kier molecular flexibility index (Phi) is 4.22. The van der Waals surface area contributed by atoms with Crippen molar-refractivity contribution >= 4 is 23.6 Å². The van der Waals surface area contributed by atoms with Gasteiger partial charge in [0.1, 0.15) is 0 Å². The molecule has 0 aliphatic carbocycles. The Labute approximate surface area is 104 Å². The fraction of sp³-hybridized carbons (Fsp3) is 0.455. The van der Waals surface area contributed by atoms with Crippen molar-refractivity contribution in [2.45, 2.75) is 18.6 Å². The second-order valence-corrected chi connectivity index (χ2v) is 5.63. The van der Waals surface area contributed by atoms with Crippen LogP contribution in [0.15, 0.2) is 16.5 Å². The molecule has 1 rings (SSSR count). The van der Waals surface area contributed by atoms with Gasteiger partial charge in [0.05, 0.1) is 0 Å². The van der Waals surface area contributed by atoms with Crippen molar-refractivity contribution in [3.05, 3.63) is 23.7 Å². The number of nitrogens with one attached hydrogen (secondary N) is 1. The second-order valence-electron chi connectivity index (χ2n) is 4.12. The van der Waals surface area contributed by atoms with Gasteiger partial charge in [-0.25, -0.2) is 4.79 Å². The van der Waals surface area contributed by atoms with Crippen molar-refractivity contribution < 1.29 is 19.1 Å². The first-order valence-corrected chi connectivity index (χ1v) is 6.25. The summed E-state index contributed by atoms with van der Waals surface area (Å²) in [5, 5.41) is 11.3. The minimum Gasteiger partial charge on any atom is -0.475 e. The molecule has 1 aromatic heterocycles. The molecule has 0 aliphatic rings. The van der Waals surface area contributed by atoms with E-state index in [1.807, 2.05) is 20.1 Å². The van der Waals surface area contributed by atoms with Gasteiger partial charge in [-0.05, 0) is 32.2 Å². The van der Waals surface area contributed by atoms with E-state index in [2.05, 4.69) is 5.32 Å². The maximum atomic E-state index is 11.6. The monoisotopic (exact) mass is 257 g/mol. The summed E-state index contributed by atoms with van der Waals surface area (Å²) in [7, 11) is 0. The average molecular weight is 257 g/mol. The lowest BCUT2D eigenvalue weighted by molar-refractivity contribution is 0.0659. The predicted octanol–water partition coefficient (Wildman–Crippen LogP) is 1.85. The molecule has 17 heavy (non-hydrogen) atoms. The van der Waals surface area contributed by atoms with Gasteiger partial charge in [-0.2, -0.15) is 11.8 Å². The Morgan fingerprint density at radius 3 is 2.47 bits per heavy atom. The molecule has 6 heteroatoms. The van der Waals surface area contributed by atoms with E-state index < -0.39 is 11.9 Å². The van der Waals surface area contributed by atoms with Crippen LogP contribution in [0.4, 0.5) is 0 Å². The van der Waals surface area contributed by atoms with E-state index in [4.69, 9.17) is 9.52 Å². The van der Waals surface area contributed by atoms with Crippen LogP contribution in [-0.4, -0.2) is 34.5 Å². The molecule has 0 aromatic carbocycles. The lowest BCUT2D eigenvalue weighted by Gasteiger charge is -2.21. The third kappa shape index (κ3) is 3.81. The molecule has 0 saturated carbocycles. The van der Waals surface area contributed by atoms with Gasteiger partial charge < -0.3 is 14.8 Å². The molecular formula is C11H15NO4S. The summed E-state index contributed by atoms with van der Waals surface area (Å²) in [5.74, 6) is -1.81. The van der Waals surface area contributed by atoms with Crippen LogP contribution in [0.5, 0.6) is 0 Å². The highest BCUT2D eigenvalue weighted by atomic mass is 32.2. The Hall–Kier alpha value is -1.43. The third-order valence-electron chi connectivity index (χ3n) is 2.27. The van der Waals surface area contributed by atoms with Crippen molar-refractivity contribution in [2.24, 2.45) is 0 Å². The van der Waals surface area contributed by atoms with Crippen LogP contribution in [0.25, 0.3) is 0 Å². The number of hydrogen-bond acceptors (Lipinski definition) is 4. The maximum Gasteiger partial charge on any atom is 0.371 e. The van der Waals surface area contributed by atoms with Crippen LogP contribution in [0.1, 0.15) is 35.0 Å². The minimum absolute atomic E-state index is 0.0132. The van der Waals surface area contributed by atoms with E-state index in [0.717, 1.165) is 0 Å².